The van der Waals surface area contributed by atoms with Crippen LogP contribution in [0, 0.1) is 11.8 Å². The molecule has 0 bridgehead atoms. The Morgan fingerprint density at radius 3 is 1.89 bits per heavy atom. The average molecular weight is 251 g/mol. The fraction of sp³-hybridized carbons (Fsp3) is 0.0625. The summed E-state index contributed by atoms with van der Waals surface area (Å²) in [6, 6.07) is 14.3. The number of hydrogen-bond donors (Lipinski definition) is 1. The molecule has 3 heteroatoms. The summed E-state index contributed by atoms with van der Waals surface area (Å²) in [5, 5.41) is 0. The van der Waals surface area contributed by atoms with Gasteiger partial charge in [-0.2, -0.15) is 0 Å². The monoisotopic (exact) mass is 251 g/mol. The minimum absolute atomic E-state index is 0.349. The third-order valence-corrected chi connectivity index (χ3v) is 2.57. The molecular weight excluding hydrogens is 238 g/mol. The zero-order chi connectivity index (χ0) is 13.7. The lowest BCUT2D eigenvalue weighted by molar-refractivity contribution is 0.0601. The van der Waals surface area contributed by atoms with E-state index in [-0.39, 0.29) is 5.97 Å². The normalized spacial score (nSPS) is 9.32. The number of ether oxygens (including phenoxy) is 1. The molecule has 2 rings (SSSR count). The first kappa shape index (κ1) is 12.7. The molecule has 0 saturated heterocycles. The van der Waals surface area contributed by atoms with Gasteiger partial charge >= 0.3 is 5.97 Å². The summed E-state index contributed by atoms with van der Waals surface area (Å²) in [6.07, 6.45) is 0. The molecule has 0 aliphatic heterocycles. The minimum Gasteiger partial charge on any atom is -0.465 e. The Bertz CT molecular complexity index is 631. The molecule has 2 N–H and O–H groups in total. The van der Waals surface area contributed by atoms with Crippen LogP contribution >= 0.6 is 0 Å². The highest BCUT2D eigenvalue weighted by Crippen LogP contribution is 2.06. The van der Waals surface area contributed by atoms with Crippen molar-refractivity contribution in [3.8, 4) is 11.8 Å². The fourth-order valence-corrected chi connectivity index (χ4v) is 1.52. The second-order valence-corrected chi connectivity index (χ2v) is 3.94. The van der Waals surface area contributed by atoms with E-state index in [9.17, 15) is 4.79 Å². The molecule has 2 aromatic rings. The number of anilines is 1. The van der Waals surface area contributed by atoms with E-state index in [1.54, 1.807) is 24.3 Å². The van der Waals surface area contributed by atoms with Crippen molar-refractivity contribution >= 4 is 11.7 Å². The van der Waals surface area contributed by atoms with Crippen LogP contribution in [-0.2, 0) is 4.74 Å². The van der Waals surface area contributed by atoms with Crippen LogP contribution in [-0.4, -0.2) is 13.1 Å². The van der Waals surface area contributed by atoms with Crippen molar-refractivity contribution in [2.75, 3.05) is 12.8 Å². The molecule has 2 aromatic carbocycles. The van der Waals surface area contributed by atoms with Crippen LogP contribution in [0.15, 0.2) is 48.5 Å². The molecule has 0 saturated carbocycles. The van der Waals surface area contributed by atoms with Crippen LogP contribution in [0.25, 0.3) is 0 Å². The zero-order valence-electron chi connectivity index (χ0n) is 10.5. The summed E-state index contributed by atoms with van der Waals surface area (Å²) < 4.78 is 4.63. The minimum atomic E-state index is -0.349. The van der Waals surface area contributed by atoms with Crippen LogP contribution in [0.3, 0.4) is 0 Å². The highest BCUT2D eigenvalue weighted by Gasteiger charge is 2.02. The standard InChI is InChI=1S/C16H13NO2/c1-19-16(18)14-8-4-12(5-9-14)2-3-13-6-10-15(17)11-7-13/h4-11H,17H2,1H3. The highest BCUT2D eigenvalue weighted by molar-refractivity contribution is 5.89. The zero-order valence-corrected chi connectivity index (χ0v) is 10.5. The molecule has 94 valence electrons. The number of nitrogens with two attached hydrogens (primary N) is 1. The van der Waals surface area contributed by atoms with Gasteiger partial charge < -0.3 is 10.5 Å². The topological polar surface area (TPSA) is 52.3 Å². The van der Waals surface area contributed by atoms with Crippen molar-refractivity contribution < 1.29 is 9.53 Å². The van der Waals surface area contributed by atoms with Crippen molar-refractivity contribution in [3.05, 3.63) is 65.2 Å². The molecule has 0 atom stereocenters. The van der Waals surface area contributed by atoms with E-state index in [2.05, 4.69) is 16.6 Å². The van der Waals surface area contributed by atoms with Crippen LogP contribution in [0.2, 0.25) is 0 Å². The SMILES string of the molecule is COC(=O)c1ccc(C#Cc2ccc(N)cc2)cc1. The average Bonchev–Trinajstić information content (AvgIpc) is 2.46. The van der Waals surface area contributed by atoms with Crippen molar-refractivity contribution in [1.29, 1.82) is 0 Å². The highest BCUT2D eigenvalue weighted by atomic mass is 16.5. The molecule has 0 amide bonds. The molecule has 0 aliphatic rings. The van der Waals surface area contributed by atoms with Gasteiger partial charge in [-0.3, -0.25) is 0 Å². The van der Waals surface area contributed by atoms with Crippen LogP contribution in [0.4, 0.5) is 5.69 Å². The van der Waals surface area contributed by atoms with Gasteiger partial charge in [0.2, 0.25) is 0 Å². The van der Waals surface area contributed by atoms with E-state index in [0.717, 1.165) is 11.1 Å². The molecule has 0 radical (unpaired) electrons. The van der Waals surface area contributed by atoms with E-state index in [0.29, 0.717) is 11.3 Å². The number of methoxy groups -OCH3 is 1. The van der Waals surface area contributed by atoms with E-state index in [1.807, 2.05) is 24.3 Å². The fourth-order valence-electron chi connectivity index (χ4n) is 1.52. The van der Waals surface area contributed by atoms with Gasteiger partial charge in [0, 0.05) is 16.8 Å². The van der Waals surface area contributed by atoms with Crippen LogP contribution in [0.5, 0.6) is 0 Å². The Labute approximate surface area is 112 Å². The number of hydrogen-bond acceptors (Lipinski definition) is 3. The van der Waals surface area contributed by atoms with E-state index < -0.39 is 0 Å². The number of benzene rings is 2. The van der Waals surface area contributed by atoms with E-state index in [4.69, 9.17) is 5.73 Å². The second-order valence-electron chi connectivity index (χ2n) is 3.94. The van der Waals surface area contributed by atoms with Gasteiger partial charge in [0.1, 0.15) is 0 Å². The molecular formula is C16H13NO2. The van der Waals surface area contributed by atoms with Crippen molar-refractivity contribution in [2.45, 2.75) is 0 Å². The summed E-state index contributed by atoms with van der Waals surface area (Å²) in [5.74, 6) is 5.70. The largest absolute Gasteiger partial charge is 0.465 e. The summed E-state index contributed by atoms with van der Waals surface area (Å²) in [5.41, 5.74) is 8.56. The summed E-state index contributed by atoms with van der Waals surface area (Å²) in [6.45, 7) is 0. The number of esters is 1. The van der Waals surface area contributed by atoms with Gasteiger partial charge in [-0.15, -0.1) is 0 Å². The number of nitrogen functional groups attached to an aromatic ring is 1. The van der Waals surface area contributed by atoms with Gasteiger partial charge in [0.15, 0.2) is 0 Å². The van der Waals surface area contributed by atoms with Gasteiger partial charge in [-0.1, -0.05) is 11.8 Å². The van der Waals surface area contributed by atoms with Gasteiger partial charge in [-0.05, 0) is 48.5 Å². The molecule has 0 spiro atoms. The molecule has 0 unspecified atom stereocenters. The number of carbonyl (C=O) groups excluding carboxylic acids is 1. The Balaban J connectivity index is 2.16. The maximum atomic E-state index is 11.3. The lowest BCUT2D eigenvalue weighted by Crippen LogP contribution is -2.00. The predicted octanol–water partition coefficient (Wildman–Crippen LogP) is 2.46. The molecule has 0 aliphatic carbocycles. The Hall–Kier alpha value is -2.73. The molecule has 0 aromatic heterocycles. The maximum absolute atomic E-state index is 11.3. The summed E-state index contributed by atoms with van der Waals surface area (Å²) in [4.78, 5) is 11.3. The van der Waals surface area contributed by atoms with Crippen LogP contribution in [0.1, 0.15) is 21.5 Å². The van der Waals surface area contributed by atoms with Crippen LogP contribution < -0.4 is 5.73 Å². The first-order valence-electron chi connectivity index (χ1n) is 5.75. The summed E-state index contributed by atoms with van der Waals surface area (Å²) >= 11 is 0. The summed E-state index contributed by atoms with van der Waals surface area (Å²) in [7, 11) is 1.36. The third kappa shape index (κ3) is 3.36. The van der Waals surface area contributed by atoms with E-state index >= 15 is 0 Å². The third-order valence-electron chi connectivity index (χ3n) is 2.57. The van der Waals surface area contributed by atoms with E-state index in [1.165, 1.54) is 7.11 Å². The lowest BCUT2D eigenvalue weighted by atomic mass is 10.1. The predicted molar refractivity (Wildman–Crippen MR) is 74.6 cm³/mol. The molecule has 19 heavy (non-hydrogen) atoms. The molecule has 0 fully saturated rings. The smallest absolute Gasteiger partial charge is 0.337 e. The second kappa shape index (κ2) is 5.74. The number of carbonyl (C=O) groups is 1. The van der Waals surface area contributed by atoms with Crippen molar-refractivity contribution in [3.63, 3.8) is 0 Å². The first-order valence-corrected chi connectivity index (χ1v) is 5.75. The maximum Gasteiger partial charge on any atom is 0.337 e. The van der Waals surface area contributed by atoms with Crippen molar-refractivity contribution in [2.24, 2.45) is 0 Å². The Kier molecular flexibility index (Phi) is 3.84. The Morgan fingerprint density at radius 2 is 1.42 bits per heavy atom. The lowest BCUT2D eigenvalue weighted by Gasteiger charge is -1.98. The molecule has 3 nitrogen and oxygen atoms in total. The van der Waals surface area contributed by atoms with Gasteiger partial charge in [-0.25, -0.2) is 4.79 Å². The Morgan fingerprint density at radius 1 is 0.947 bits per heavy atom. The van der Waals surface area contributed by atoms with Crippen molar-refractivity contribution in [1.82, 2.24) is 0 Å². The first-order chi connectivity index (χ1) is 9.19. The van der Waals surface area contributed by atoms with Gasteiger partial charge in [0.25, 0.3) is 0 Å². The number of rotatable bonds is 1. The van der Waals surface area contributed by atoms with Gasteiger partial charge in [0.05, 0.1) is 12.7 Å². The quantitative estimate of drug-likeness (QED) is 0.481. The molecule has 0 heterocycles.